The highest BCUT2D eigenvalue weighted by molar-refractivity contribution is 5.77. The molecule has 0 unspecified atom stereocenters. The van der Waals surface area contributed by atoms with E-state index in [0.717, 1.165) is 25.8 Å². The van der Waals surface area contributed by atoms with Crippen LogP contribution in [0.4, 0.5) is 4.79 Å². The maximum Gasteiger partial charge on any atom is 0.410 e. The van der Waals surface area contributed by atoms with Crippen molar-refractivity contribution in [2.24, 2.45) is 5.92 Å². The monoisotopic (exact) mass is 308 g/mol. The first-order valence-electron chi connectivity index (χ1n) is 8.16. The summed E-state index contributed by atoms with van der Waals surface area (Å²) >= 11 is 0. The predicted molar refractivity (Wildman–Crippen MR) is 85.5 cm³/mol. The Morgan fingerprint density at radius 3 is 2.64 bits per heavy atom. The minimum atomic E-state index is -0.492. The highest BCUT2D eigenvalue weighted by Gasteiger charge is 2.33. The summed E-state index contributed by atoms with van der Waals surface area (Å²) in [6.45, 7) is 6.92. The van der Waals surface area contributed by atoms with Gasteiger partial charge in [0.25, 0.3) is 0 Å². The number of amides is 2. The second-order valence-corrected chi connectivity index (χ2v) is 7.34. The van der Waals surface area contributed by atoms with Gasteiger partial charge in [0.2, 0.25) is 5.91 Å². The summed E-state index contributed by atoms with van der Waals surface area (Å²) in [6.07, 6.45) is 7.58. The Labute approximate surface area is 133 Å². The second kappa shape index (κ2) is 6.71. The number of ether oxygens (including phenoxy) is 1. The van der Waals surface area contributed by atoms with Crippen molar-refractivity contribution in [3.8, 4) is 0 Å². The van der Waals surface area contributed by atoms with Gasteiger partial charge < -0.3 is 14.5 Å². The molecule has 0 aromatic rings. The van der Waals surface area contributed by atoms with Crippen LogP contribution in [-0.4, -0.2) is 53.6 Å². The van der Waals surface area contributed by atoms with Crippen LogP contribution < -0.4 is 0 Å². The summed E-state index contributed by atoms with van der Waals surface area (Å²) in [5.74, 6) is 0.603. The third-order valence-corrected chi connectivity index (χ3v) is 4.29. The number of hydrogen-bond donors (Lipinski definition) is 0. The quantitative estimate of drug-likeness (QED) is 0.753. The van der Waals surface area contributed by atoms with E-state index in [0.29, 0.717) is 18.9 Å². The van der Waals surface area contributed by atoms with Crippen molar-refractivity contribution >= 4 is 12.0 Å². The largest absolute Gasteiger partial charge is 0.444 e. The molecule has 5 nitrogen and oxygen atoms in total. The number of allylic oxidation sites excluding steroid dienone is 2. The molecule has 1 heterocycles. The highest BCUT2D eigenvalue weighted by atomic mass is 16.6. The van der Waals surface area contributed by atoms with Gasteiger partial charge in [-0.2, -0.15) is 0 Å². The number of carbonyl (C=O) groups excluding carboxylic acids is 2. The molecule has 2 amide bonds. The molecule has 1 aliphatic heterocycles. The molecule has 2 atom stereocenters. The van der Waals surface area contributed by atoms with E-state index >= 15 is 0 Å². The van der Waals surface area contributed by atoms with E-state index < -0.39 is 5.60 Å². The van der Waals surface area contributed by atoms with Crippen LogP contribution in [0.2, 0.25) is 0 Å². The molecule has 2 aliphatic rings. The molecule has 0 spiro atoms. The van der Waals surface area contributed by atoms with Crippen LogP contribution in [-0.2, 0) is 9.53 Å². The predicted octanol–water partition coefficient (Wildman–Crippen LogP) is 2.81. The van der Waals surface area contributed by atoms with Crippen molar-refractivity contribution in [2.75, 3.05) is 20.1 Å². The van der Waals surface area contributed by atoms with E-state index in [1.54, 1.807) is 11.9 Å². The summed E-state index contributed by atoms with van der Waals surface area (Å²) in [5.41, 5.74) is -0.492. The van der Waals surface area contributed by atoms with Gasteiger partial charge in [-0.25, -0.2) is 4.79 Å². The third-order valence-electron chi connectivity index (χ3n) is 4.29. The zero-order valence-corrected chi connectivity index (χ0v) is 14.2. The average Bonchev–Trinajstić information content (AvgIpc) is 3.06. The molecule has 0 bridgehead atoms. The standard InChI is InChI=1S/C17H28N2O3/c1-17(2,3)22-16(21)18(4)14-9-10-19(12-14)15(20)11-13-7-5-6-8-13/h5,7,13-14H,6,8-12H2,1-4H3/t13-,14-/m1/s1. The van der Waals surface area contributed by atoms with Gasteiger partial charge in [-0.3, -0.25) is 4.79 Å². The fraction of sp³-hybridized carbons (Fsp3) is 0.765. The van der Waals surface area contributed by atoms with Gasteiger partial charge in [0.05, 0.1) is 6.04 Å². The van der Waals surface area contributed by atoms with Gasteiger partial charge in [-0.15, -0.1) is 0 Å². The fourth-order valence-electron chi connectivity index (χ4n) is 2.99. The lowest BCUT2D eigenvalue weighted by molar-refractivity contribution is -0.131. The van der Waals surface area contributed by atoms with Crippen molar-refractivity contribution in [1.29, 1.82) is 0 Å². The molecular weight excluding hydrogens is 280 g/mol. The van der Waals surface area contributed by atoms with E-state index in [2.05, 4.69) is 12.2 Å². The zero-order chi connectivity index (χ0) is 16.3. The molecule has 5 heteroatoms. The molecule has 0 aromatic carbocycles. The van der Waals surface area contributed by atoms with Crippen LogP contribution >= 0.6 is 0 Å². The van der Waals surface area contributed by atoms with E-state index in [1.807, 2.05) is 25.7 Å². The Kier molecular flexibility index (Phi) is 5.14. The number of nitrogens with zero attached hydrogens (tertiary/aromatic N) is 2. The SMILES string of the molecule is CN(C(=O)OC(C)(C)C)[C@@H]1CCN(C(=O)C[C@@H]2C=CCC2)C1. The van der Waals surface area contributed by atoms with Crippen molar-refractivity contribution < 1.29 is 14.3 Å². The average molecular weight is 308 g/mol. The van der Waals surface area contributed by atoms with E-state index in [1.165, 1.54) is 0 Å². The molecule has 0 radical (unpaired) electrons. The molecule has 0 saturated carbocycles. The van der Waals surface area contributed by atoms with Crippen LogP contribution in [0.25, 0.3) is 0 Å². The number of likely N-dealkylation sites (tertiary alicyclic amines) is 1. The summed E-state index contributed by atoms with van der Waals surface area (Å²) in [4.78, 5) is 27.9. The summed E-state index contributed by atoms with van der Waals surface area (Å²) in [5, 5.41) is 0. The van der Waals surface area contributed by atoms with Gasteiger partial charge in [-0.1, -0.05) is 12.2 Å². The Bertz CT molecular complexity index is 453. The van der Waals surface area contributed by atoms with E-state index in [4.69, 9.17) is 4.74 Å². The molecule has 1 fully saturated rings. The second-order valence-electron chi connectivity index (χ2n) is 7.34. The molecule has 1 aliphatic carbocycles. The summed E-state index contributed by atoms with van der Waals surface area (Å²) in [7, 11) is 1.76. The number of carbonyl (C=O) groups is 2. The lowest BCUT2D eigenvalue weighted by atomic mass is 10.0. The van der Waals surface area contributed by atoms with E-state index in [-0.39, 0.29) is 18.0 Å². The normalized spacial score (nSPS) is 24.6. The molecule has 0 aromatic heterocycles. The van der Waals surface area contributed by atoms with Gasteiger partial charge >= 0.3 is 6.09 Å². The van der Waals surface area contributed by atoms with Crippen molar-refractivity contribution in [3.05, 3.63) is 12.2 Å². The summed E-state index contributed by atoms with van der Waals surface area (Å²) in [6, 6.07) is 0.0536. The van der Waals surface area contributed by atoms with Crippen LogP contribution in [0, 0.1) is 5.92 Å². The van der Waals surface area contributed by atoms with Crippen LogP contribution in [0.15, 0.2) is 12.2 Å². The minimum absolute atomic E-state index is 0.0536. The van der Waals surface area contributed by atoms with Gasteiger partial charge in [-0.05, 0) is 46.0 Å². The lowest BCUT2D eigenvalue weighted by Crippen LogP contribution is -2.42. The maximum atomic E-state index is 12.3. The Morgan fingerprint density at radius 1 is 1.32 bits per heavy atom. The fourth-order valence-corrected chi connectivity index (χ4v) is 2.99. The maximum absolute atomic E-state index is 12.3. The van der Waals surface area contributed by atoms with Crippen molar-refractivity contribution in [3.63, 3.8) is 0 Å². The highest BCUT2D eigenvalue weighted by Crippen LogP contribution is 2.24. The first-order chi connectivity index (χ1) is 10.3. The minimum Gasteiger partial charge on any atom is -0.444 e. The molecule has 124 valence electrons. The van der Waals surface area contributed by atoms with Crippen LogP contribution in [0.5, 0.6) is 0 Å². The number of hydrogen-bond acceptors (Lipinski definition) is 3. The molecule has 2 rings (SSSR count). The number of likely N-dealkylation sites (N-methyl/N-ethyl adjacent to an activating group) is 1. The Hall–Kier alpha value is -1.52. The van der Waals surface area contributed by atoms with Gasteiger partial charge in [0.15, 0.2) is 0 Å². The lowest BCUT2D eigenvalue weighted by Gasteiger charge is -2.28. The topological polar surface area (TPSA) is 49.9 Å². The molecule has 0 N–H and O–H groups in total. The number of rotatable bonds is 3. The van der Waals surface area contributed by atoms with Crippen LogP contribution in [0.1, 0.15) is 46.5 Å². The van der Waals surface area contributed by atoms with Gasteiger partial charge in [0, 0.05) is 26.6 Å². The van der Waals surface area contributed by atoms with Gasteiger partial charge in [0.1, 0.15) is 5.60 Å². The smallest absolute Gasteiger partial charge is 0.410 e. The van der Waals surface area contributed by atoms with E-state index in [9.17, 15) is 9.59 Å². The zero-order valence-electron chi connectivity index (χ0n) is 14.2. The Balaban J connectivity index is 1.82. The summed E-state index contributed by atoms with van der Waals surface area (Å²) < 4.78 is 5.39. The molecule has 1 saturated heterocycles. The van der Waals surface area contributed by atoms with Crippen molar-refractivity contribution in [1.82, 2.24) is 9.80 Å². The first-order valence-corrected chi connectivity index (χ1v) is 8.16. The third kappa shape index (κ3) is 4.49. The Morgan fingerprint density at radius 2 is 2.05 bits per heavy atom. The molecule has 22 heavy (non-hydrogen) atoms. The van der Waals surface area contributed by atoms with Crippen LogP contribution in [0.3, 0.4) is 0 Å². The van der Waals surface area contributed by atoms with Crippen molar-refractivity contribution in [2.45, 2.75) is 58.1 Å². The first kappa shape index (κ1) is 16.8. The molecular formula is C17H28N2O3.